The molecule has 0 amide bonds. The van der Waals surface area contributed by atoms with E-state index in [1.165, 1.54) is 0 Å². The molecule has 34 heavy (non-hydrogen) atoms. The largest absolute Gasteiger partial charge is 0.262 e. The third kappa shape index (κ3) is 2.34. The monoisotopic (exact) mass is 430 g/mol. The summed E-state index contributed by atoms with van der Waals surface area (Å²) in [4.78, 5) is 19.8. The molecule has 1 heterocycles. The molecule has 152 valence electrons. The molecule has 6 heteroatoms. The van der Waals surface area contributed by atoms with E-state index in [1.807, 2.05) is 42.5 Å². The normalized spacial score (nSPS) is 10.8. The van der Waals surface area contributed by atoms with E-state index >= 15 is 0 Å². The van der Waals surface area contributed by atoms with Crippen LogP contribution in [0.3, 0.4) is 0 Å². The molecule has 5 aromatic carbocycles. The van der Waals surface area contributed by atoms with Crippen molar-refractivity contribution < 1.29 is 0 Å². The van der Waals surface area contributed by atoms with Gasteiger partial charge in [0.15, 0.2) is 5.69 Å². The molecule has 0 fully saturated rings. The molecule has 0 unspecified atom stereocenters. The standard InChI is InChI=1S/C28H10N6/c1-30-24-20-12-18-17-9-8-15-6-4-5-7-16(15)23(17)27-26(33-10-11-34-27)21(18)13-19(20)22(14-29)25(31-2)28(24)32-3/h4-13H. The molecular weight excluding hydrogens is 420 g/mol. The summed E-state index contributed by atoms with van der Waals surface area (Å²) in [6, 6.07) is 17.9. The highest BCUT2D eigenvalue weighted by molar-refractivity contribution is 6.31. The Morgan fingerprint density at radius 3 is 2.09 bits per heavy atom. The molecular formula is C28H10N6. The smallest absolute Gasteiger partial charge is 0.202 e. The molecule has 0 aliphatic heterocycles. The Hall–Kier alpha value is -5.56. The van der Waals surface area contributed by atoms with Crippen LogP contribution in [0.4, 0.5) is 17.1 Å². The molecule has 0 atom stereocenters. The summed E-state index contributed by atoms with van der Waals surface area (Å²) < 4.78 is 0. The van der Waals surface area contributed by atoms with Crippen molar-refractivity contribution >= 4 is 71.2 Å². The molecule has 0 bridgehead atoms. The van der Waals surface area contributed by atoms with Gasteiger partial charge in [0.05, 0.1) is 42.4 Å². The summed E-state index contributed by atoms with van der Waals surface area (Å²) in [6.45, 7) is 22.9. The van der Waals surface area contributed by atoms with Gasteiger partial charge >= 0.3 is 0 Å². The van der Waals surface area contributed by atoms with Gasteiger partial charge in [-0.2, -0.15) is 5.26 Å². The fourth-order valence-electron chi connectivity index (χ4n) is 4.82. The van der Waals surface area contributed by atoms with Gasteiger partial charge in [-0.25, -0.2) is 0 Å². The highest BCUT2D eigenvalue weighted by atomic mass is 14.8. The van der Waals surface area contributed by atoms with Crippen LogP contribution in [-0.2, 0) is 0 Å². The number of benzene rings is 5. The summed E-state index contributed by atoms with van der Waals surface area (Å²) in [5.41, 5.74) is 1.44. The van der Waals surface area contributed by atoms with Crippen LogP contribution in [0, 0.1) is 31.0 Å². The van der Waals surface area contributed by atoms with Crippen LogP contribution >= 0.6 is 0 Å². The first-order valence-electron chi connectivity index (χ1n) is 10.3. The van der Waals surface area contributed by atoms with Crippen LogP contribution in [0.5, 0.6) is 0 Å². The molecule has 0 aliphatic rings. The van der Waals surface area contributed by atoms with E-state index in [2.05, 4.69) is 36.6 Å². The van der Waals surface area contributed by atoms with E-state index in [1.54, 1.807) is 12.4 Å². The topological polar surface area (TPSA) is 62.7 Å². The molecule has 6 nitrogen and oxygen atoms in total. The van der Waals surface area contributed by atoms with Crippen LogP contribution in [0.25, 0.3) is 68.7 Å². The van der Waals surface area contributed by atoms with Gasteiger partial charge in [0.1, 0.15) is 0 Å². The first-order chi connectivity index (χ1) is 16.7. The van der Waals surface area contributed by atoms with Gasteiger partial charge in [0, 0.05) is 23.2 Å². The summed E-state index contributed by atoms with van der Waals surface area (Å²) in [6.07, 6.45) is 3.29. The molecule has 6 rings (SSSR count). The molecule has 1 aromatic heterocycles. The van der Waals surface area contributed by atoms with E-state index in [9.17, 15) is 5.26 Å². The zero-order valence-corrected chi connectivity index (χ0v) is 17.5. The lowest BCUT2D eigenvalue weighted by atomic mass is 9.91. The van der Waals surface area contributed by atoms with Crippen molar-refractivity contribution in [2.24, 2.45) is 0 Å². The number of nitriles is 1. The highest BCUT2D eigenvalue weighted by Crippen LogP contribution is 2.49. The van der Waals surface area contributed by atoms with Crippen molar-refractivity contribution in [3.05, 3.63) is 101 Å². The predicted molar refractivity (Wildman–Crippen MR) is 133 cm³/mol. The third-order valence-electron chi connectivity index (χ3n) is 6.22. The Morgan fingerprint density at radius 2 is 1.35 bits per heavy atom. The van der Waals surface area contributed by atoms with Crippen molar-refractivity contribution in [1.82, 2.24) is 9.97 Å². The quantitative estimate of drug-likeness (QED) is 0.140. The number of rotatable bonds is 0. The van der Waals surface area contributed by atoms with Crippen LogP contribution in [0.15, 0.2) is 60.9 Å². The molecule has 0 saturated heterocycles. The van der Waals surface area contributed by atoms with Crippen molar-refractivity contribution in [3.63, 3.8) is 0 Å². The zero-order valence-electron chi connectivity index (χ0n) is 17.5. The lowest BCUT2D eigenvalue weighted by Gasteiger charge is -2.14. The molecule has 0 N–H and O–H groups in total. The maximum Gasteiger partial charge on any atom is 0.202 e. The maximum atomic E-state index is 9.90. The minimum atomic E-state index is -0.0856. The first kappa shape index (κ1) is 19.1. The van der Waals surface area contributed by atoms with Crippen LogP contribution in [0.2, 0.25) is 0 Å². The minimum Gasteiger partial charge on any atom is -0.262 e. The molecule has 0 radical (unpaired) electrons. The highest BCUT2D eigenvalue weighted by Gasteiger charge is 2.22. The van der Waals surface area contributed by atoms with Crippen LogP contribution in [0.1, 0.15) is 5.56 Å². The SMILES string of the molecule is [C-]#[N+]c1c([N+]#[C-])c([N+]#[C-])c2cc3c(cc2c1C#N)c1nccnc1c1c2ccccc2ccc31. The first-order valence-corrected chi connectivity index (χ1v) is 10.3. The van der Waals surface area contributed by atoms with Gasteiger partial charge < -0.3 is 0 Å². The van der Waals surface area contributed by atoms with Gasteiger partial charge in [-0.1, -0.05) is 42.5 Å². The van der Waals surface area contributed by atoms with Crippen molar-refractivity contribution in [3.8, 4) is 6.07 Å². The van der Waals surface area contributed by atoms with Crippen molar-refractivity contribution in [2.75, 3.05) is 0 Å². The Labute approximate surface area is 193 Å². The fraction of sp³-hybridized carbons (Fsp3) is 0. The van der Waals surface area contributed by atoms with Crippen LogP contribution < -0.4 is 0 Å². The average Bonchev–Trinajstić information content (AvgIpc) is 2.90. The van der Waals surface area contributed by atoms with Gasteiger partial charge in [-0.3, -0.25) is 24.5 Å². The fourth-order valence-corrected chi connectivity index (χ4v) is 4.82. The second-order valence-electron chi connectivity index (χ2n) is 7.77. The van der Waals surface area contributed by atoms with E-state index < -0.39 is 0 Å². The van der Waals surface area contributed by atoms with E-state index in [4.69, 9.17) is 19.7 Å². The van der Waals surface area contributed by atoms with Gasteiger partial charge in [0.25, 0.3) is 0 Å². The Morgan fingerprint density at radius 1 is 0.647 bits per heavy atom. The van der Waals surface area contributed by atoms with Crippen molar-refractivity contribution in [2.45, 2.75) is 0 Å². The van der Waals surface area contributed by atoms with E-state index in [0.717, 1.165) is 37.8 Å². The molecule has 0 saturated carbocycles. The third-order valence-corrected chi connectivity index (χ3v) is 6.22. The lowest BCUT2D eigenvalue weighted by molar-refractivity contribution is 1.31. The van der Waals surface area contributed by atoms with Gasteiger partial charge in [-0.05, 0) is 38.4 Å². The number of nitrogens with zero attached hydrogens (tertiary/aromatic N) is 6. The van der Waals surface area contributed by atoms with E-state index in [0.29, 0.717) is 16.3 Å². The second-order valence-corrected chi connectivity index (χ2v) is 7.77. The average molecular weight is 430 g/mol. The number of aromatic nitrogens is 2. The van der Waals surface area contributed by atoms with Gasteiger partial charge in [0.2, 0.25) is 11.4 Å². The summed E-state index contributed by atoms with van der Waals surface area (Å²) >= 11 is 0. The second kappa shape index (κ2) is 6.98. The number of hydrogen-bond donors (Lipinski definition) is 0. The predicted octanol–water partition coefficient (Wildman–Crippen LogP) is 7.77. The zero-order chi connectivity index (χ0) is 23.4. The summed E-state index contributed by atoms with van der Waals surface area (Å²) in [7, 11) is 0. The molecule has 0 aliphatic carbocycles. The summed E-state index contributed by atoms with van der Waals surface area (Å²) in [5.74, 6) is 0. The minimum absolute atomic E-state index is 0.0799. The van der Waals surface area contributed by atoms with E-state index in [-0.39, 0.29) is 22.6 Å². The number of hydrogen-bond acceptors (Lipinski definition) is 3. The molecule has 6 aromatic rings. The Kier molecular flexibility index (Phi) is 3.93. The lowest BCUT2D eigenvalue weighted by Crippen LogP contribution is -1.91. The number of fused-ring (bicyclic) bond motifs is 9. The van der Waals surface area contributed by atoms with Gasteiger partial charge in [-0.15, -0.1) is 0 Å². The summed E-state index contributed by atoms with van der Waals surface area (Å²) in [5, 5.41) is 16.5. The maximum absolute atomic E-state index is 9.90. The van der Waals surface area contributed by atoms with Crippen molar-refractivity contribution in [1.29, 1.82) is 5.26 Å². The Balaban J connectivity index is 1.99. The van der Waals surface area contributed by atoms with Crippen LogP contribution in [-0.4, -0.2) is 9.97 Å². The molecule has 0 spiro atoms. The Bertz CT molecular complexity index is 2060.